The van der Waals surface area contributed by atoms with E-state index in [0.717, 1.165) is 32.1 Å². The lowest BCUT2D eigenvalue weighted by atomic mass is 10.1. The number of ether oxygens (including phenoxy) is 2. The van der Waals surface area contributed by atoms with Crippen LogP contribution >= 0.6 is 23.1 Å². The molecule has 0 atom stereocenters. The highest BCUT2D eigenvalue weighted by molar-refractivity contribution is 8.01. The van der Waals surface area contributed by atoms with Crippen LogP contribution in [0.3, 0.4) is 0 Å². The minimum atomic E-state index is -0.748. The molecule has 3 rings (SSSR count). The molecule has 3 aromatic rings. The first-order chi connectivity index (χ1) is 13.4. The van der Waals surface area contributed by atoms with E-state index >= 15 is 0 Å². The van der Waals surface area contributed by atoms with Gasteiger partial charge in [-0.05, 0) is 52.3 Å². The van der Waals surface area contributed by atoms with Gasteiger partial charge in [-0.25, -0.2) is 9.97 Å². The third kappa shape index (κ3) is 4.31. The first-order valence-corrected chi connectivity index (χ1v) is 10.9. The van der Waals surface area contributed by atoms with Crippen molar-refractivity contribution in [2.24, 2.45) is 0 Å². The summed E-state index contributed by atoms with van der Waals surface area (Å²) in [6, 6.07) is 8.01. The average molecular weight is 417 g/mol. The molecule has 28 heavy (non-hydrogen) atoms. The fourth-order valence-electron chi connectivity index (χ4n) is 2.78. The number of nitrogens with zero attached hydrogens (tertiary/aromatic N) is 2. The SMILES string of the molecule is CCOC(=O)C(C)(C)Sc1nc(C)nc2scc(-c3ccc(OCC)cc3)c12. The van der Waals surface area contributed by atoms with E-state index in [9.17, 15) is 4.79 Å². The Kier molecular flexibility index (Phi) is 6.25. The first kappa shape index (κ1) is 20.6. The number of thiophene rings is 1. The minimum absolute atomic E-state index is 0.248. The number of rotatable bonds is 7. The van der Waals surface area contributed by atoms with Crippen LogP contribution in [0.2, 0.25) is 0 Å². The summed E-state index contributed by atoms with van der Waals surface area (Å²) >= 11 is 3.00. The number of hydrogen-bond acceptors (Lipinski definition) is 7. The lowest BCUT2D eigenvalue weighted by Gasteiger charge is -2.21. The molecule has 0 bridgehead atoms. The van der Waals surface area contributed by atoms with Crippen LogP contribution in [0.15, 0.2) is 34.7 Å². The number of hydrogen-bond donors (Lipinski definition) is 0. The molecule has 1 aromatic carbocycles. The Morgan fingerprint density at radius 2 is 1.86 bits per heavy atom. The summed E-state index contributed by atoms with van der Waals surface area (Å²) in [5.74, 6) is 1.29. The fraction of sp³-hybridized carbons (Fsp3) is 0.381. The molecule has 0 amide bonds. The van der Waals surface area contributed by atoms with Crippen molar-refractivity contribution >= 4 is 39.3 Å². The number of carbonyl (C=O) groups excluding carboxylic acids is 1. The van der Waals surface area contributed by atoms with Gasteiger partial charge in [-0.15, -0.1) is 11.3 Å². The molecule has 0 aliphatic carbocycles. The second-order valence-electron chi connectivity index (χ2n) is 6.70. The van der Waals surface area contributed by atoms with Gasteiger partial charge in [0.1, 0.15) is 26.2 Å². The zero-order chi connectivity index (χ0) is 20.3. The van der Waals surface area contributed by atoms with Crippen molar-refractivity contribution in [3.05, 3.63) is 35.5 Å². The van der Waals surface area contributed by atoms with Gasteiger partial charge in [0.15, 0.2) is 0 Å². The minimum Gasteiger partial charge on any atom is -0.494 e. The number of thioether (sulfide) groups is 1. The number of benzene rings is 1. The number of fused-ring (bicyclic) bond motifs is 1. The number of carbonyl (C=O) groups is 1. The van der Waals surface area contributed by atoms with Crippen molar-refractivity contribution in [3.8, 4) is 16.9 Å². The van der Waals surface area contributed by atoms with Crippen molar-refractivity contribution in [1.29, 1.82) is 0 Å². The predicted octanol–water partition coefficient (Wildman–Crippen LogP) is 5.50. The maximum atomic E-state index is 12.4. The van der Waals surface area contributed by atoms with Crippen LogP contribution in [0, 0.1) is 6.92 Å². The second kappa shape index (κ2) is 8.49. The molecule has 0 saturated carbocycles. The van der Waals surface area contributed by atoms with E-state index in [0.29, 0.717) is 19.0 Å². The molecule has 2 aromatic heterocycles. The van der Waals surface area contributed by atoms with Crippen molar-refractivity contribution in [1.82, 2.24) is 9.97 Å². The molecule has 0 unspecified atom stereocenters. The summed E-state index contributed by atoms with van der Waals surface area (Å²) in [5, 5.41) is 3.86. The van der Waals surface area contributed by atoms with E-state index in [1.807, 2.05) is 58.9 Å². The molecule has 0 N–H and O–H groups in total. The molecule has 0 aliphatic rings. The van der Waals surface area contributed by atoms with Gasteiger partial charge < -0.3 is 9.47 Å². The van der Waals surface area contributed by atoms with Crippen molar-refractivity contribution in [2.75, 3.05) is 13.2 Å². The lowest BCUT2D eigenvalue weighted by molar-refractivity contribution is -0.145. The monoisotopic (exact) mass is 416 g/mol. The third-order valence-corrected chi connectivity index (χ3v) is 6.15. The van der Waals surface area contributed by atoms with Crippen molar-refractivity contribution < 1.29 is 14.3 Å². The molecule has 0 saturated heterocycles. The van der Waals surface area contributed by atoms with E-state index in [4.69, 9.17) is 9.47 Å². The van der Waals surface area contributed by atoms with E-state index in [2.05, 4.69) is 15.3 Å². The number of esters is 1. The highest BCUT2D eigenvalue weighted by atomic mass is 32.2. The topological polar surface area (TPSA) is 61.3 Å². The highest BCUT2D eigenvalue weighted by Crippen LogP contribution is 2.42. The molecular formula is C21H24N2O3S2. The Balaban J connectivity index is 2.06. The molecule has 0 fully saturated rings. The number of aromatic nitrogens is 2. The standard InChI is InChI=1S/C21H24N2O3S2/c1-6-25-15-10-8-14(9-11-15)16-12-27-18-17(16)19(23-13(3)22-18)28-21(4,5)20(24)26-7-2/h8-12H,6-7H2,1-5H3. The molecule has 0 aliphatic heterocycles. The smallest absolute Gasteiger partial charge is 0.322 e. The van der Waals surface area contributed by atoms with Crippen LogP contribution < -0.4 is 4.74 Å². The summed E-state index contributed by atoms with van der Waals surface area (Å²) in [7, 11) is 0. The van der Waals surface area contributed by atoms with Gasteiger partial charge in [0.05, 0.1) is 18.6 Å². The maximum absolute atomic E-state index is 12.4. The molecule has 0 radical (unpaired) electrons. The zero-order valence-corrected chi connectivity index (χ0v) is 18.4. The summed E-state index contributed by atoms with van der Waals surface area (Å²) < 4.78 is 10.0. The summed E-state index contributed by atoms with van der Waals surface area (Å²) in [6.07, 6.45) is 0. The predicted molar refractivity (Wildman–Crippen MR) is 115 cm³/mol. The van der Waals surface area contributed by atoms with E-state index in [-0.39, 0.29) is 5.97 Å². The Bertz CT molecular complexity index is 981. The summed E-state index contributed by atoms with van der Waals surface area (Å²) in [5.41, 5.74) is 2.13. The second-order valence-corrected chi connectivity index (χ2v) is 9.17. The van der Waals surface area contributed by atoms with Crippen molar-refractivity contribution in [2.45, 2.75) is 44.4 Å². The Morgan fingerprint density at radius 3 is 2.50 bits per heavy atom. The quantitative estimate of drug-likeness (QED) is 0.288. The molecule has 0 spiro atoms. The molecule has 148 valence electrons. The van der Waals surface area contributed by atoms with Gasteiger partial charge in [-0.3, -0.25) is 4.79 Å². The van der Waals surface area contributed by atoms with Gasteiger partial charge >= 0.3 is 5.97 Å². The van der Waals surface area contributed by atoms with Crippen molar-refractivity contribution in [3.63, 3.8) is 0 Å². The first-order valence-electron chi connectivity index (χ1n) is 9.21. The molecule has 5 nitrogen and oxygen atoms in total. The van der Waals surface area contributed by atoms with Gasteiger partial charge in [0.25, 0.3) is 0 Å². The van der Waals surface area contributed by atoms with Gasteiger partial charge in [0, 0.05) is 10.9 Å². The highest BCUT2D eigenvalue weighted by Gasteiger charge is 2.32. The van der Waals surface area contributed by atoms with Gasteiger partial charge in [0.2, 0.25) is 0 Å². The van der Waals surface area contributed by atoms with Crippen LogP contribution in [-0.2, 0) is 9.53 Å². The molecule has 7 heteroatoms. The van der Waals surface area contributed by atoms with E-state index in [1.54, 1.807) is 11.3 Å². The third-order valence-electron chi connectivity index (χ3n) is 4.11. The maximum Gasteiger partial charge on any atom is 0.322 e. The lowest BCUT2D eigenvalue weighted by Crippen LogP contribution is -2.30. The molecular weight excluding hydrogens is 392 g/mol. The Morgan fingerprint density at radius 1 is 1.14 bits per heavy atom. The Hall–Kier alpha value is -2.12. The zero-order valence-electron chi connectivity index (χ0n) is 16.7. The van der Waals surface area contributed by atoms with Crippen LogP contribution in [0.4, 0.5) is 0 Å². The summed E-state index contributed by atoms with van der Waals surface area (Å²) in [6.45, 7) is 10.4. The summed E-state index contributed by atoms with van der Waals surface area (Å²) in [4.78, 5) is 22.6. The molecule has 2 heterocycles. The van der Waals surface area contributed by atoms with Crippen LogP contribution in [0.5, 0.6) is 5.75 Å². The Labute approximate surface area is 173 Å². The normalized spacial score (nSPS) is 11.6. The number of aryl methyl sites for hydroxylation is 1. The van der Waals surface area contributed by atoms with E-state index < -0.39 is 4.75 Å². The van der Waals surface area contributed by atoms with Crippen LogP contribution in [0.1, 0.15) is 33.5 Å². The van der Waals surface area contributed by atoms with E-state index in [1.165, 1.54) is 11.8 Å². The van der Waals surface area contributed by atoms with Gasteiger partial charge in [-0.2, -0.15) is 0 Å². The fourth-order valence-corrected chi connectivity index (χ4v) is 4.95. The van der Waals surface area contributed by atoms with Gasteiger partial charge in [-0.1, -0.05) is 23.9 Å². The van der Waals surface area contributed by atoms with Crippen LogP contribution in [0.25, 0.3) is 21.3 Å². The van der Waals surface area contributed by atoms with Crippen LogP contribution in [-0.4, -0.2) is 33.9 Å². The largest absolute Gasteiger partial charge is 0.494 e. The average Bonchev–Trinajstić information content (AvgIpc) is 3.06.